The molecule has 18 heavy (non-hydrogen) atoms. The highest BCUT2D eigenvalue weighted by Crippen LogP contribution is 2.22. The first-order valence-corrected chi connectivity index (χ1v) is 7.55. The third-order valence-electron chi connectivity index (χ3n) is 2.47. The van der Waals surface area contributed by atoms with Gasteiger partial charge in [-0.3, -0.25) is 4.31 Å². The van der Waals surface area contributed by atoms with Gasteiger partial charge in [0.1, 0.15) is 6.34 Å². The Labute approximate surface area is 123 Å². The van der Waals surface area contributed by atoms with Crippen molar-refractivity contribution in [2.45, 2.75) is 20.8 Å². The lowest BCUT2D eigenvalue weighted by molar-refractivity contribution is 0.511. The van der Waals surface area contributed by atoms with Crippen molar-refractivity contribution in [1.82, 2.24) is 8.61 Å². The van der Waals surface area contributed by atoms with Crippen molar-refractivity contribution < 1.29 is 0 Å². The van der Waals surface area contributed by atoms with E-state index in [1.54, 1.807) is 12.1 Å². The summed E-state index contributed by atoms with van der Waals surface area (Å²) in [4.78, 5) is 4.50. The standard InChI is InChI=1S/C13H20BrN3S/c1-5-17(6-2)18-16(4)10-15-13-8-7-12(14)9-11(13)3/h7-10H,5-6H2,1-4H3/b15-10+. The molecule has 0 aliphatic rings. The minimum absolute atomic E-state index is 1.00. The van der Waals surface area contributed by atoms with Crippen LogP contribution in [-0.2, 0) is 0 Å². The fraction of sp³-hybridized carbons (Fsp3) is 0.462. The third-order valence-corrected chi connectivity index (χ3v) is 4.06. The molecule has 0 heterocycles. The minimum Gasteiger partial charge on any atom is -0.297 e. The van der Waals surface area contributed by atoms with Gasteiger partial charge in [0.15, 0.2) is 0 Å². The van der Waals surface area contributed by atoms with E-state index in [0.717, 1.165) is 23.2 Å². The van der Waals surface area contributed by atoms with Crippen molar-refractivity contribution in [3.8, 4) is 0 Å². The van der Waals surface area contributed by atoms with Crippen molar-refractivity contribution in [2.75, 3.05) is 20.1 Å². The second-order valence-corrected chi connectivity index (χ2v) is 6.09. The number of nitrogens with zero attached hydrogens (tertiary/aromatic N) is 3. The quantitative estimate of drug-likeness (QED) is 0.441. The maximum atomic E-state index is 4.50. The van der Waals surface area contributed by atoms with E-state index in [1.807, 2.05) is 29.8 Å². The van der Waals surface area contributed by atoms with Gasteiger partial charge in [-0.15, -0.1) is 0 Å². The van der Waals surface area contributed by atoms with E-state index in [-0.39, 0.29) is 0 Å². The molecule has 1 rings (SSSR count). The molecule has 1 aromatic rings. The average molecular weight is 330 g/mol. The van der Waals surface area contributed by atoms with Crippen LogP contribution in [0.3, 0.4) is 0 Å². The van der Waals surface area contributed by atoms with E-state index >= 15 is 0 Å². The first kappa shape index (κ1) is 15.5. The molecule has 5 heteroatoms. The molecule has 0 saturated carbocycles. The van der Waals surface area contributed by atoms with Gasteiger partial charge in [-0.1, -0.05) is 29.8 Å². The van der Waals surface area contributed by atoms with E-state index in [0.29, 0.717) is 0 Å². The van der Waals surface area contributed by atoms with Crippen LogP contribution < -0.4 is 0 Å². The Balaban J connectivity index is 2.62. The van der Waals surface area contributed by atoms with Crippen LogP contribution in [0.1, 0.15) is 19.4 Å². The number of aryl methyl sites for hydroxylation is 1. The Morgan fingerprint density at radius 2 is 2.00 bits per heavy atom. The molecule has 0 aliphatic heterocycles. The smallest absolute Gasteiger partial charge is 0.102 e. The Bertz CT molecular complexity index is 405. The van der Waals surface area contributed by atoms with Crippen LogP contribution >= 0.6 is 28.1 Å². The molecule has 0 aliphatic carbocycles. The number of halogens is 1. The highest BCUT2D eigenvalue weighted by atomic mass is 79.9. The van der Waals surface area contributed by atoms with E-state index < -0.39 is 0 Å². The molecule has 3 nitrogen and oxygen atoms in total. The van der Waals surface area contributed by atoms with Crippen molar-refractivity contribution in [2.24, 2.45) is 4.99 Å². The van der Waals surface area contributed by atoms with Crippen LogP contribution in [0, 0.1) is 6.92 Å². The molecule has 100 valence electrons. The van der Waals surface area contributed by atoms with Crippen molar-refractivity contribution in [3.63, 3.8) is 0 Å². The number of benzene rings is 1. The predicted octanol–water partition coefficient (Wildman–Crippen LogP) is 4.25. The van der Waals surface area contributed by atoms with Gasteiger partial charge in [0.25, 0.3) is 0 Å². The molecular formula is C13H20BrN3S. The Morgan fingerprint density at radius 3 is 2.56 bits per heavy atom. The van der Waals surface area contributed by atoms with E-state index in [9.17, 15) is 0 Å². The molecular weight excluding hydrogens is 310 g/mol. The van der Waals surface area contributed by atoms with Crippen LogP contribution in [-0.4, -0.2) is 35.1 Å². The van der Waals surface area contributed by atoms with Gasteiger partial charge >= 0.3 is 0 Å². The Hall–Kier alpha value is -0.520. The Kier molecular flexibility index (Phi) is 6.75. The van der Waals surface area contributed by atoms with Crippen LogP contribution in [0.15, 0.2) is 27.7 Å². The topological polar surface area (TPSA) is 18.8 Å². The van der Waals surface area contributed by atoms with Crippen molar-refractivity contribution >= 4 is 40.1 Å². The molecule has 1 aromatic carbocycles. The lowest BCUT2D eigenvalue weighted by atomic mass is 10.2. The van der Waals surface area contributed by atoms with E-state index in [4.69, 9.17) is 0 Å². The van der Waals surface area contributed by atoms with Gasteiger partial charge in [0.2, 0.25) is 0 Å². The zero-order valence-corrected chi connectivity index (χ0v) is 13.8. The Morgan fingerprint density at radius 1 is 1.33 bits per heavy atom. The fourth-order valence-electron chi connectivity index (χ4n) is 1.45. The van der Waals surface area contributed by atoms with Crippen molar-refractivity contribution in [1.29, 1.82) is 0 Å². The molecule has 0 saturated heterocycles. The minimum atomic E-state index is 1.00. The summed E-state index contributed by atoms with van der Waals surface area (Å²) in [5.74, 6) is 0. The summed E-state index contributed by atoms with van der Waals surface area (Å²) in [7, 11) is 2.01. The molecule has 0 spiro atoms. The van der Waals surface area contributed by atoms with Crippen LogP contribution in [0.2, 0.25) is 0 Å². The highest BCUT2D eigenvalue weighted by molar-refractivity contribution is 9.10. The number of aliphatic imine (C=N–C) groups is 1. The summed E-state index contributed by atoms with van der Waals surface area (Å²) in [6.45, 7) is 8.42. The van der Waals surface area contributed by atoms with Crippen LogP contribution in [0.4, 0.5) is 5.69 Å². The summed E-state index contributed by atoms with van der Waals surface area (Å²) >= 11 is 5.14. The van der Waals surface area contributed by atoms with Crippen LogP contribution in [0.5, 0.6) is 0 Å². The molecule has 0 radical (unpaired) electrons. The van der Waals surface area contributed by atoms with E-state index in [2.05, 4.69) is 52.1 Å². The first-order chi connectivity index (χ1) is 8.56. The maximum absolute atomic E-state index is 4.50. The van der Waals surface area contributed by atoms with Gasteiger partial charge in [0, 0.05) is 36.7 Å². The predicted molar refractivity (Wildman–Crippen MR) is 85.3 cm³/mol. The average Bonchev–Trinajstić information content (AvgIpc) is 2.35. The summed E-state index contributed by atoms with van der Waals surface area (Å²) < 4.78 is 5.37. The molecule has 0 N–H and O–H groups in total. The summed E-state index contributed by atoms with van der Waals surface area (Å²) in [6, 6.07) is 6.10. The van der Waals surface area contributed by atoms with Crippen LogP contribution in [0.25, 0.3) is 0 Å². The molecule has 0 bridgehead atoms. The van der Waals surface area contributed by atoms with Gasteiger partial charge < -0.3 is 0 Å². The lowest BCUT2D eigenvalue weighted by Gasteiger charge is -2.21. The monoisotopic (exact) mass is 329 g/mol. The molecule has 0 amide bonds. The second kappa shape index (κ2) is 7.81. The maximum Gasteiger partial charge on any atom is 0.102 e. The summed E-state index contributed by atoms with van der Waals surface area (Å²) in [5, 5.41) is 0. The SMILES string of the molecule is CCN(CC)SN(C)/C=N/c1ccc(Br)cc1C. The second-order valence-electron chi connectivity index (χ2n) is 3.92. The third kappa shape index (κ3) is 5.00. The van der Waals surface area contributed by atoms with Crippen molar-refractivity contribution in [3.05, 3.63) is 28.2 Å². The molecule has 0 atom stereocenters. The number of hydrogen-bond donors (Lipinski definition) is 0. The normalized spacial score (nSPS) is 11.4. The zero-order valence-electron chi connectivity index (χ0n) is 11.4. The van der Waals surface area contributed by atoms with E-state index in [1.165, 1.54) is 5.56 Å². The van der Waals surface area contributed by atoms with Gasteiger partial charge in [-0.2, -0.15) is 0 Å². The largest absolute Gasteiger partial charge is 0.297 e. The molecule has 0 fully saturated rings. The summed E-state index contributed by atoms with van der Waals surface area (Å²) in [5.41, 5.74) is 2.17. The summed E-state index contributed by atoms with van der Waals surface area (Å²) in [6.07, 6.45) is 1.86. The first-order valence-electron chi connectivity index (χ1n) is 6.03. The number of hydrogen-bond acceptors (Lipinski definition) is 3. The lowest BCUT2D eigenvalue weighted by Crippen LogP contribution is -2.21. The zero-order chi connectivity index (χ0) is 13.5. The molecule has 0 aromatic heterocycles. The highest BCUT2D eigenvalue weighted by Gasteiger charge is 2.02. The fourth-order valence-corrected chi connectivity index (χ4v) is 2.61. The van der Waals surface area contributed by atoms with Gasteiger partial charge in [-0.05, 0) is 30.7 Å². The molecule has 0 unspecified atom stereocenters. The van der Waals surface area contributed by atoms with Gasteiger partial charge in [0.05, 0.1) is 5.69 Å². The van der Waals surface area contributed by atoms with Gasteiger partial charge in [-0.25, -0.2) is 9.30 Å². The number of rotatable bonds is 6.